The predicted octanol–water partition coefficient (Wildman–Crippen LogP) is 3.31. The summed E-state index contributed by atoms with van der Waals surface area (Å²) in [6.45, 7) is 2.53. The van der Waals surface area contributed by atoms with Gasteiger partial charge in [0.2, 0.25) is 0 Å². The maximum absolute atomic E-state index is 11.0. The van der Waals surface area contributed by atoms with Crippen LogP contribution in [0, 0.1) is 0 Å². The Morgan fingerprint density at radius 3 is 2.19 bits per heavy atom. The molecule has 0 saturated carbocycles. The largest absolute Gasteiger partial charge is 0.421 e. The van der Waals surface area contributed by atoms with E-state index in [9.17, 15) is 9.59 Å². The van der Waals surface area contributed by atoms with E-state index in [1.165, 1.54) is 19.9 Å². The molecule has 2 rings (SSSR count). The summed E-state index contributed by atoms with van der Waals surface area (Å²) in [4.78, 5) is 21.9. The topological polar surface area (TPSA) is 52.6 Å². The predicted molar refractivity (Wildman–Crippen MR) is 80.3 cm³/mol. The first-order valence-corrected chi connectivity index (χ1v) is 6.56. The molecule has 4 heteroatoms. The average molecular weight is 284 g/mol. The number of benzene rings is 2. The van der Waals surface area contributed by atoms with Crippen LogP contribution in [0.5, 0.6) is 0 Å². The second kappa shape index (κ2) is 6.70. The molecule has 0 amide bonds. The van der Waals surface area contributed by atoms with Gasteiger partial charge in [0, 0.05) is 13.8 Å². The standard InChI is InChI=1S/C17H16O4/c1-12(18)20-17(21-13(2)19)10-8-14-7-9-15-5-3-4-6-16(15)11-14/h3-11,17H,1-2H3. The van der Waals surface area contributed by atoms with Crippen LogP contribution in [0.3, 0.4) is 0 Å². The van der Waals surface area contributed by atoms with Crippen molar-refractivity contribution in [3.63, 3.8) is 0 Å². The number of fused-ring (bicyclic) bond motifs is 1. The highest BCUT2D eigenvalue weighted by atomic mass is 16.7. The molecule has 0 atom stereocenters. The summed E-state index contributed by atoms with van der Waals surface area (Å²) < 4.78 is 9.80. The van der Waals surface area contributed by atoms with Crippen molar-refractivity contribution in [3.05, 3.63) is 54.1 Å². The lowest BCUT2D eigenvalue weighted by Gasteiger charge is -2.12. The molecule has 4 nitrogen and oxygen atoms in total. The van der Waals surface area contributed by atoms with Crippen LogP contribution in [0.2, 0.25) is 0 Å². The number of carbonyl (C=O) groups excluding carboxylic acids is 2. The van der Waals surface area contributed by atoms with Crippen LogP contribution < -0.4 is 0 Å². The number of ether oxygens (including phenoxy) is 2. The molecule has 2 aromatic carbocycles. The van der Waals surface area contributed by atoms with Gasteiger partial charge in [-0.25, -0.2) is 0 Å². The van der Waals surface area contributed by atoms with Crippen molar-refractivity contribution in [2.24, 2.45) is 0 Å². The van der Waals surface area contributed by atoms with Crippen LogP contribution in [-0.2, 0) is 19.1 Å². The fourth-order valence-corrected chi connectivity index (χ4v) is 1.93. The molecule has 0 N–H and O–H groups in total. The fraction of sp³-hybridized carbons (Fsp3) is 0.176. The zero-order valence-electron chi connectivity index (χ0n) is 11.9. The smallest absolute Gasteiger partial charge is 0.305 e. The lowest BCUT2D eigenvalue weighted by molar-refractivity contribution is -0.176. The van der Waals surface area contributed by atoms with E-state index >= 15 is 0 Å². The first-order valence-electron chi connectivity index (χ1n) is 6.56. The third-order valence-corrected chi connectivity index (χ3v) is 2.78. The minimum atomic E-state index is -1.01. The third kappa shape index (κ3) is 4.45. The Labute approximate surface area is 123 Å². The lowest BCUT2D eigenvalue weighted by atomic mass is 10.1. The number of esters is 2. The average Bonchev–Trinajstić information content (AvgIpc) is 2.43. The molecule has 0 aliphatic heterocycles. The van der Waals surface area contributed by atoms with E-state index in [2.05, 4.69) is 0 Å². The summed E-state index contributed by atoms with van der Waals surface area (Å²) in [6, 6.07) is 13.9. The van der Waals surface area contributed by atoms with Gasteiger partial charge in [-0.2, -0.15) is 0 Å². The minimum Gasteiger partial charge on any atom is -0.421 e. The number of rotatable bonds is 4. The Morgan fingerprint density at radius 1 is 0.952 bits per heavy atom. The SMILES string of the molecule is CC(=O)OC(C=Cc1ccc2ccccc2c1)OC(C)=O. The van der Waals surface area contributed by atoms with Crippen molar-refractivity contribution < 1.29 is 19.1 Å². The molecule has 2 aromatic rings. The molecule has 0 unspecified atom stereocenters. The molecule has 0 saturated heterocycles. The van der Waals surface area contributed by atoms with Crippen molar-refractivity contribution in [1.29, 1.82) is 0 Å². The maximum atomic E-state index is 11.0. The lowest BCUT2D eigenvalue weighted by Crippen LogP contribution is -2.19. The Morgan fingerprint density at radius 2 is 1.57 bits per heavy atom. The van der Waals surface area contributed by atoms with Gasteiger partial charge in [0.1, 0.15) is 0 Å². The molecule has 21 heavy (non-hydrogen) atoms. The number of hydrogen-bond donors (Lipinski definition) is 0. The van der Waals surface area contributed by atoms with Crippen molar-refractivity contribution in [2.75, 3.05) is 0 Å². The molecule has 0 bridgehead atoms. The van der Waals surface area contributed by atoms with E-state index in [0.29, 0.717) is 0 Å². The van der Waals surface area contributed by atoms with Gasteiger partial charge in [-0.1, -0.05) is 42.5 Å². The highest BCUT2D eigenvalue weighted by molar-refractivity contribution is 5.84. The summed E-state index contributed by atoms with van der Waals surface area (Å²) in [5, 5.41) is 2.25. The first-order chi connectivity index (χ1) is 10.0. The van der Waals surface area contributed by atoms with Crippen LogP contribution >= 0.6 is 0 Å². The van der Waals surface area contributed by atoms with Crippen LogP contribution in [0.1, 0.15) is 19.4 Å². The second-order valence-corrected chi connectivity index (χ2v) is 4.55. The van der Waals surface area contributed by atoms with Crippen LogP contribution in [0.4, 0.5) is 0 Å². The Balaban J connectivity index is 2.18. The highest BCUT2D eigenvalue weighted by Gasteiger charge is 2.10. The minimum absolute atomic E-state index is 0.510. The molecule has 0 radical (unpaired) electrons. The Kier molecular flexibility index (Phi) is 4.72. The van der Waals surface area contributed by atoms with Gasteiger partial charge >= 0.3 is 11.9 Å². The molecule has 0 fully saturated rings. The molecular weight excluding hydrogens is 268 g/mol. The summed E-state index contributed by atoms with van der Waals surface area (Å²) in [7, 11) is 0. The van der Waals surface area contributed by atoms with E-state index in [4.69, 9.17) is 9.47 Å². The van der Waals surface area contributed by atoms with Crippen LogP contribution in [0.15, 0.2) is 48.5 Å². The van der Waals surface area contributed by atoms with Crippen molar-refractivity contribution in [2.45, 2.75) is 20.1 Å². The Bertz CT molecular complexity index is 672. The quantitative estimate of drug-likeness (QED) is 0.638. The van der Waals surface area contributed by atoms with E-state index < -0.39 is 18.2 Å². The molecular formula is C17H16O4. The number of hydrogen-bond acceptors (Lipinski definition) is 4. The summed E-state index contributed by atoms with van der Waals surface area (Å²) in [6.07, 6.45) is 2.28. The van der Waals surface area contributed by atoms with E-state index in [-0.39, 0.29) is 0 Å². The van der Waals surface area contributed by atoms with E-state index in [1.54, 1.807) is 6.08 Å². The molecule has 0 spiro atoms. The maximum Gasteiger partial charge on any atom is 0.305 e. The number of carbonyl (C=O) groups is 2. The van der Waals surface area contributed by atoms with Gasteiger partial charge in [0.25, 0.3) is 6.29 Å². The monoisotopic (exact) mass is 284 g/mol. The molecule has 0 aliphatic carbocycles. The zero-order valence-corrected chi connectivity index (χ0v) is 11.9. The summed E-state index contributed by atoms with van der Waals surface area (Å²) in [5.74, 6) is -1.02. The van der Waals surface area contributed by atoms with Gasteiger partial charge in [-0.05, 0) is 28.5 Å². The van der Waals surface area contributed by atoms with Gasteiger partial charge in [0.15, 0.2) is 0 Å². The van der Waals surface area contributed by atoms with Gasteiger partial charge in [-0.15, -0.1) is 0 Å². The summed E-state index contributed by atoms with van der Waals surface area (Å²) >= 11 is 0. The normalized spacial score (nSPS) is 11.0. The van der Waals surface area contributed by atoms with Crippen molar-refractivity contribution in [1.82, 2.24) is 0 Å². The third-order valence-electron chi connectivity index (χ3n) is 2.78. The molecule has 0 aromatic heterocycles. The van der Waals surface area contributed by atoms with E-state index in [0.717, 1.165) is 16.3 Å². The van der Waals surface area contributed by atoms with Crippen molar-refractivity contribution >= 4 is 28.8 Å². The van der Waals surface area contributed by atoms with Gasteiger partial charge in [-0.3, -0.25) is 9.59 Å². The van der Waals surface area contributed by atoms with Crippen LogP contribution in [0.25, 0.3) is 16.8 Å². The van der Waals surface area contributed by atoms with E-state index in [1.807, 2.05) is 42.5 Å². The van der Waals surface area contributed by atoms with Gasteiger partial charge < -0.3 is 9.47 Å². The summed E-state index contributed by atoms with van der Waals surface area (Å²) in [5.41, 5.74) is 0.929. The zero-order chi connectivity index (χ0) is 15.2. The Hall–Kier alpha value is -2.62. The van der Waals surface area contributed by atoms with Gasteiger partial charge in [0.05, 0.1) is 0 Å². The molecule has 0 aliphatic rings. The fourth-order valence-electron chi connectivity index (χ4n) is 1.93. The molecule has 0 heterocycles. The van der Waals surface area contributed by atoms with Crippen molar-refractivity contribution in [3.8, 4) is 0 Å². The second-order valence-electron chi connectivity index (χ2n) is 4.55. The van der Waals surface area contributed by atoms with Crippen LogP contribution in [-0.4, -0.2) is 18.2 Å². The highest BCUT2D eigenvalue weighted by Crippen LogP contribution is 2.17. The first kappa shape index (κ1) is 14.8. The molecule has 108 valence electrons.